The minimum atomic E-state index is -3.65. The smallest absolute Gasteiger partial charge is 0.276 e. The highest BCUT2D eigenvalue weighted by Crippen LogP contribution is 2.18. The molecule has 0 fully saturated rings. The lowest BCUT2D eigenvalue weighted by Gasteiger charge is -2.04. The molecule has 0 aliphatic rings. The fourth-order valence-electron chi connectivity index (χ4n) is 2.21. The summed E-state index contributed by atoms with van der Waals surface area (Å²) in [6, 6.07) is 16.0. The van der Waals surface area contributed by atoms with E-state index in [1.807, 2.05) is 30.5 Å². The van der Waals surface area contributed by atoms with E-state index in [1.54, 1.807) is 25.1 Å². The van der Waals surface area contributed by atoms with Gasteiger partial charge in [0.05, 0.1) is 10.6 Å². The number of hydrogen-bond acceptors (Lipinski definition) is 3. The summed E-state index contributed by atoms with van der Waals surface area (Å²) < 4.78 is 24.3. The van der Waals surface area contributed by atoms with E-state index in [4.69, 9.17) is 0 Å². The largest absolute Gasteiger partial charge is 0.360 e. The minimum absolute atomic E-state index is 0.186. The number of aromatic amines is 1. The molecule has 22 heavy (non-hydrogen) atoms. The lowest BCUT2D eigenvalue weighted by Crippen LogP contribution is -2.19. The summed E-state index contributed by atoms with van der Waals surface area (Å²) in [4.78, 5) is 5.60. The van der Waals surface area contributed by atoms with Crippen molar-refractivity contribution >= 4 is 26.6 Å². The molecule has 0 bridgehead atoms. The van der Waals surface area contributed by atoms with Crippen LogP contribution in [0.15, 0.2) is 70.8 Å². The van der Waals surface area contributed by atoms with Crippen LogP contribution in [0.25, 0.3) is 10.9 Å². The predicted octanol–water partition coefficient (Wildman–Crippen LogP) is 2.87. The van der Waals surface area contributed by atoms with Crippen molar-refractivity contribution in [2.75, 3.05) is 0 Å². The molecule has 0 radical (unpaired) electrons. The van der Waals surface area contributed by atoms with Gasteiger partial charge in [-0.2, -0.15) is 18.4 Å². The molecule has 5 nitrogen and oxygen atoms in total. The van der Waals surface area contributed by atoms with Gasteiger partial charge in [-0.25, -0.2) is 0 Å². The maximum Gasteiger partial charge on any atom is 0.276 e. The first kappa shape index (κ1) is 14.3. The Bertz CT molecular complexity index is 928. The van der Waals surface area contributed by atoms with Gasteiger partial charge < -0.3 is 4.98 Å². The Labute approximate surface area is 128 Å². The number of para-hydroxylation sites is 1. The van der Waals surface area contributed by atoms with Gasteiger partial charge in [0.2, 0.25) is 0 Å². The Hall–Kier alpha value is -2.60. The Balaban J connectivity index is 1.90. The SMILES string of the molecule is C/C(=N/NS(=O)(=O)c1ccccc1)c1c[nH]c2ccccc12. The van der Waals surface area contributed by atoms with Crippen molar-refractivity contribution in [3.05, 3.63) is 66.4 Å². The summed E-state index contributed by atoms with van der Waals surface area (Å²) in [7, 11) is -3.65. The topological polar surface area (TPSA) is 74.3 Å². The van der Waals surface area contributed by atoms with Crippen molar-refractivity contribution in [2.24, 2.45) is 5.10 Å². The Morgan fingerprint density at radius 3 is 2.50 bits per heavy atom. The standard InChI is InChI=1S/C16H15N3O2S/c1-12(15-11-17-16-10-6-5-9-14(15)16)18-19-22(20,21)13-7-3-2-4-8-13/h2-11,17,19H,1H3/b18-12-. The number of sulfonamides is 1. The molecule has 3 rings (SSSR count). The van der Waals surface area contributed by atoms with E-state index in [0.29, 0.717) is 5.71 Å². The van der Waals surface area contributed by atoms with E-state index in [1.165, 1.54) is 12.1 Å². The molecule has 0 saturated carbocycles. The first-order valence-corrected chi connectivity index (χ1v) is 8.24. The second-order valence-electron chi connectivity index (χ2n) is 4.85. The molecule has 2 N–H and O–H groups in total. The molecule has 2 aromatic carbocycles. The van der Waals surface area contributed by atoms with Crippen LogP contribution in [0.3, 0.4) is 0 Å². The van der Waals surface area contributed by atoms with Gasteiger partial charge >= 0.3 is 0 Å². The summed E-state index contributed by atoms with van der Waals surface area (Å²) in [5.41, 5.74) is 2.45. The summed E-state index contributed by atoms with van der Waals surface area (Å²) in [5.74, 6) is 0. The maximum absolute atomic E-state index is 12.1. The van der Waals surface area contributed by atoms with Crippen molar-refractivity contribution in [1.82, 2.24) is 9.82 Å². The number of nitrogens with one attached hydrogen (secondary N) is 2. The zero-order chi connectivity index (χ0) is 15.6. The van der Waals surface area contributed by atoms with Crippen LogP contribution in [0.4, 0.5) is 0 Å². The molecule has 0 saturated heterocycles. The number of fused-ring (bicyclic) bond motifs is 1. The number of H-pyrrole nitrogens is 1. The average molecular weight is 313 g/mol. The summed E-state index contributed by atoms with van der Waals surface area (Å²) >= 11 is 0. The van der Waals surface area contributed by atoms with Gasteiger partial charge in [-0.05, 0) is 25.1 Å². The van der Waals surface area contributed by atoms with Gasteiger partial charge in [0.15, 0.2) is 0 Å². The normalized spacial score (nSPS) is 12.5. The molecular formula is C16H15N3O2S. The molecule has 0 aliphatic carbocycles. The maximum atomic E-state index is 12.1. The number of benzene rings is 2. The van der Waals surface area contributed by atoms with Crippen molar-refractivity contribution in [3.63, 3.8) is 0 Å². The van der Waals surface area contributed by atoms with E-state index in [0.717, 1.165) is 16.5 Å². The van der Waals surface area contributed by atoms with Crippen molar-refractivity contribution in [1.29, 1.82) is 0 Å². The van der Waals surface area contributed by atoms with E-state index in [2.05, 4.69) is 14.9 Å². The molecule has 0 amide bonds. The number of aromatic nitrogens is 1. The zero-order valence-electron chi connectivity index (χ0n) is 11.9. The monoisotopic (exact) mass is 313 g/mol. The van der Waals surface area contributed by atoms with E-state index < -0.39 is 10.0 Å². The highest BCUT2D eigenvalue weighted by atomic mass is 32.2. The van der Waals surface area contributed by atoms with E-state index >= 15 is 0 Å². The summed E-state index contributed by atoms with van der Waals surface area (Å²) in [6.45, 7) is 1.77. The van der Waals surface area contributed by atoms with E-state index in [9.17, 15) is 8.42 Å². The summed E-state index contributed by atoms with van der Waals surface area (Å²) in [5, 5.41) is 5.03. The van der Waals surface area contributed by atoms with Crippen LogP contribution in [0, 0.1) is 0 Å². The van der Waals surface area contributed by atoms with Gasteiger partial charge in [0.25, 0.3) is 10.0 Å². The third kappa shape index (κ3) is 2.73. The molecule has 0 unspecified atom stereocenters. The molecule has 6 heteroatoms. The number of hydrogen-bond donors (Lipinski definition) is 2. The quantitative estimate of drug-likeness (QED) is 0.574. The second-order valence-corrected chi connectivity index (χ2v) is 6.51. The lowest BCUT2D eigenvalue weighted by atomic mass is 10.1. The average Bonchev–Trinajstić information content (AvgIpc) is 2.98. The van der Waals surface area contributed by atoms with Crippen LogP contribution in [0.2, 0.25) is 0 Å². The highest BCUT2D eigenvalue weighted by Gasteiger charge is 2.13. The van der Waals surface area contributed by atoms with Crippen molar-refractivity contribution in [3.8, 4) is 0 Å². The van der Waals surface area contributed by atoms with Gasteiger partial charge in [0, 0.05) is 22.7 Å². The number of rotatable bonds is 4. The van der Waals surface area contributed by atoms with Gasteiger partial charge in [-0.3, -0.25) is 0 Å². The van der Waals surface area contributed by atoms with Crippen LogP contribution < -0.4 is 4.83 Å². The molecule has 0 atom stereocenters. The van der Waals surface area contributed by atoms with Gasteiger partial charge in [-0.1, -0.05) is 36.4 Å². The Kier molecular flexibility index (Phi) is 3.68. The number of hydrazone groups is 1. The molecule has 1 aromatic heterocycles. The first-order valence-electron chi connectivity index (χ1n) is 6.75. The highest BCUT2D eigenvalue weighted by molar-refractivity contribution is 7.89. The third-order valence-electron chi connectivity index (χ3n) is 3.37. The Morgan fingerprint density at radius 2 is 1.73 bits per heavy atom. The molecule has 3 aromatic rings. The molecule has 0 spiro atoms. The molecular weight excluding hydrogens is 298 g/mol. The second kappa shape index (κ2) is 5.65. The molecule has 112 valence electrons. The van der Waals surface area contributed by atoms with Crippen LogP contribution >= 0.6 is 0 Å². The first-order chi connectivity index (χ1) is 10.6. The van der Waals surface area contributed by atoms with E-state index in [-0.39, 0.29) is 4.90 Å². The zero-order valence-corrected chi connectivity index (χ0v) is 12.8. The number of nitrogens with zero attached hydrogens (tertiary/aromatic N) is 1. The van der Waals surface area contributed by atoms with Gasteiger partial charge in [0.1, 0.15) is 0 Å². The molecule has 0 aliphatic heterocycles. The Morgan fingerprint density at radius 1 is 1.05 bits per heavy atom. The molecule has 1 heterocycles. The third-order valence-corrected chi connectivity index (χ3v) is 4.59. The summed E-state index contributed by atoms with van der Waals surface area (Å²) in [6.07, 6.45) is 1.82. The van der Waals surface area contributed by atoms with Gasteiger partial charge in [-0.15, -0.1) is 0 Å². The fraction of sp³-hybridized carbons (Fsp3) is 0.0625. The van der Waals surface area contributed by atoms with Crippen LogP contribution in [0.5, 0.6) is 0 Å². The fourth-order valence-corrected chi connectivity index (χ4v) is 3.09. The van der Waals surface area contributed by atoms with Crippen LogP contribution in [-0.2, 0) is 10.0 Å². The lowest BCUT2D eigenvalue weighted by molar-refractivity contribution is 0.584. The van der Waals surface area contributed by atoms with Crippen LogP contribution in [-0.4, -0.2) is 19.1 Å². The predicted molar refractivity (Wildman–Crippen MR) is 87.3 cm³/mol. The van der Waals surface area contributed by atoms with Crippen molar-refractivity contribution < 1.29 is 8.42 Å². The van der Waals surface area contributed by atoms with Crippen molar-refractivity contribution in [2.45, 2.75) is 11.8 Å². The minimum Gasteiger partial charge on any atom is -0.360 e. The van der Waals surface area contributed by atoms with Crippen LogP contribution in [0.1, 0.15) is 12.5 Å².